The molecule has 2 amide bonds. The second-order valence-electron chi connectivity index (χ2n) is 17.0. The minimum absolute atomic E-state index is 0.00241. The Balaban J connectivity index is 1.20. The summed E-state index contributed by atoms with van der Waals surface area (Å²) in [6.07, 6.45) is 0.499. The third kappa shape index (κ3) is 12.4. The molecule has 0 spiro atoms. The molecule has 0 saturated heterocycles. The molecule has 0 aromatic carbocycles. The number of ketones is 1. The van der Waals surface area contributed by atoms with Gasteiger partial charge < -0.3 is 41.3 Å². The van der Waals surface area contributed by atoms with E-state index in [4.69, 9.17) is 15.0 Å². The molecule has 0 fully saturated rings. The van der Waals surface area contributed by atoms with E-state index in [9.17, 15) is 45.0 Å². The third-order valence-electron chi connectivity index (χ3n) is 10.9. The molecule has 5 unspecified atom stereocenters. The second kappa shape index (κ2) is 23.8. The first-order valence-electron chi connectivity index (χ1n) is 22.9. The minimum Gasteiger partial charge on any atom is -0.495 e. The minimum atomic E-state index is -1.45. The Bertz CT molecular complexity index is 3500. The molecular weight excluding hydrogens is 1100 g/mol. The standard InChI is InChI=1S/C48H47N13O9S6/c1-8-24(37(65)49-12-20(5)62)51-38(66)28-15-73-46(56-28)32-18-74-45(58-32)26-11-10-23-36(50-26)27-13-75-48(53-27)35(22(7)64)61-41(69)31-17-76-47(57-31)33(19(3)4)59-39(67)30-16-72-44(55-30)25(9-2)52-42(70)34(21(6)63)60-40(68)29-14-71-43(23)54-29/h8-11,13-19,21-22,33-35,63-64H,12H2,1-7H3,(H,49,65)(H,51,66)(H,52,70)(H,59,67)(H,60,68)(H,61,69)/b24-8+,25-9-. The fourth-order valence-electron chi connectivity index (χ4n) is 6.99. The van der Waals surface area contributed by atoms with E-state index in [1.807, 2.05) is 13.8 Å². The number of nitrogens with zero attached hydrogens (tertiary/aromatic N) is 11. The molecule has 0 saturated carbocycles. The van der Waals surface area contributed by atoms with Crippen molar-refractivity contribution in [1.29, 1.82) is 0 Å². The summed E-state index contributed by atoms with van der Waals surface area (Å²) in [7, 11) is 0. The van der Waals surface area contributed by atoms with Crippen LogP contribution in [0.3, 0.4) is 0 Å². The van der Waals surface area contributed by atoms with E-state index in [0.29, 0.717) is 58.4 Å². The molecule has 0 aliphatic carbocycles. The predicted molar refractivity (Wildman–Crippen MR) is 296 cm³/mol. The van der Waals surface area contributed by atoms with E-state index in [1.165, 1.54) is 60.3 Å². The van der Waals surface area contributed by atoms with E-state index in [-0.39, 0.29) is 58.3 Å². The van der Waals surface area contributed by atoms with Crippen LogP contribution in [0, 0.1) is 5.92 Å². The number of allylic oxidation sites excluding steroid dienone is 2. The van der Waals surface area contributed by atoms with Crippen molar-refractivity contribution in [3.05, 3.63) is 100 Å². The van der Waals surface area contributed by atoms with E-state index in [1.54, 1.807) is 53.6 Å². The van der Waals surface area contributed by atoms with E-state index in [2.05, 4.69) is 50.5 Å². The van der Waals surface area contributed by atoms with E-state index < -0.39 is 59.8 Å². The number of carbonyl (C=O) groups is 3. The van der Waals surface area contributed by atoms with Gasteiger partial charge in [0.1, 0.15) is 93.5 Å². The Morgan fingerprint density at radius 3 is 1.78 bits per heavy atom. The summed E-state index contributed by atoms with van der Waals surface area (Å²) in [5.74, 6) is -3.79. The molecule has 76 heavy (non-hydrogen) atoms. The molecule has 8 N–H and O–H groups in total. The lowest BCUT2D eigenvalue weighted by atomic mass is 10.1. The number of aliphatic imine (C=N–C) groups is 4. The maximum Gasteiger partial charge on any atom is 0.275 e. The van der Waals surface area contributed by atoms with Crippen molar-refractivity contribution in [3.63, 3.8) is 0 Å². The van der Waals surface area contributed by atoms with Gasteiger partial charge in [-0.2, -0.15) is 0 Å². The first kappa shape index (κ1) is 55.1. The van der Waals surface area contributed by atoms with Crippen LogP contribution < -0.4 is 10.6 Å². The zero-order chi connectivity index (χ0) is 54.5. The number of pyridine rings is 1. The molecule has 22 nitrogen and oxygen atoms in total. The number of Topliss-reactive ketones (excluding diaryl/α,β-unsaturated/α-hetero) is 1. The number of nitrogens with one attached hydrogen (secondary N) is 2. The zero-order valence-corrected chi connectivity index (χ0v) is 46.1. The summed E-state index contributed by atoms with van der Waals surface area (Å²) in [5.41, 5.74) is 2.40. The summed E-state index contributed by atoms with van der Waals surface area (Å²) in [4.78, 5) is 87.7. The Labute approximate surface area is 457 Å². The average molecular weight is 1140 g/mol. The summed E-state index contributed by atoms with van der Waals surface area (Å²) < 4.78 is 0. The van der Waals surface area contributed by atoms with Crippen LogP contribution in [0.15, 0.2) is 82.2 Å². The number of fused-ring (bicyclic) bond motifs is 11. The fourth-order valence-corrected chi connectivity index (χ4v) is 12.2. The van der Waals surface area contributed by atoms with Crippen LogP contribution >= 0.6 is 68.0 Å². The normalized spacial score (nSPS) is 18.0. The van der Waals surface area contributed by atoms with E-state index in [0.717, 1.165) is 45.3 Å². The van der Waals surface area contributed by atoms with Gasteiger partial charge in [0.25, 0.3) is 11.8 Å². The summed E-state index contributed by atoms with van der Waals surface area (Å²) in [5, 5.41) is 84.3. The van der Waals surface area contributed by atoms with Gasteiger partial charge in [-0.1, -0.05) is 26.0 Å². The molecule has 394 valence electrons. The predicted octanol–water partition coefficient (Wildman–Crippen LogP) is 8.34. The molecule has 1 aliphatic heterocycles. The van der Waals surface area contributed by atoms with Crippen molar-refractivity contribution in [3.8, 4) is 43.4 Å². The Hall–Kier alpha value is -7.18. The molecule has 28 heteroatoms. The fraction of sp³-hybridized carbons (Fsp3) is 0.292. The molecule has 8 rings (SSSR count). The van der Waals surface area contributed by atoms with Crippen molar-refractivity contribution < 1.29 is 45.0 Å². The Kier molecular flexibility index (Phi) is 17.2. The summed E-state index contributed by atoms with van der Waals surface area (Å²) in [6, 6.07) is 0.285. The highest BCUT2D eigenvalue weighted by atomic mass is 32.1. The number of thiazole rings is 6. The number of amides is 2. The maximum atomic E-state index is 13.1. The summed E-state index contributed by atoms with van der Waals surface area (Å²) in [6.45, 7) is 11.1. The number of carbonyl (C=O) groups excluding carboxylic acids is 3. The lowest BCUT2D eigenvalue weighted by Gasteiger charge is -2.14. The lowest BCUT2D eigenvalue weighted by Crippen LogP contribution is -2.36. The van der Waals surface area contributed by atoms with Crippen LogP contribution in [0.4, 0.5) is 0 Å². The molecule has 7 aromatic rings. The first-order chi connectivity index (χ1) is 36.3. The van der Waals surface area contributed by atoms with Crippen LogP contribution in [0.25, 0.3) is 49.1 Å². The highest BCUT2D eigenvalue weighted by Crippen LogP contribution is 2.39. The molecular formula is C48H47N13O9S6. The van der Waals surface area contributed by atoms with Crippen LogP contribution in [0.5, 0.6) is 0 Å². The summed E-state index contributed by atoms with van der Waals surface area (Å²) >= 11 is 7.04. The molecule has 8 heterocycles. The van der Waals surface area contributed by atoms with Gasteiger partial charge >= 0.3 is 0 Å². The topological polar surface area (TPSA) is 336 Å². The van der Waals surface area contributed by atoms with Crippen molar-refractivity contribution >= 4 is 115 Å². The highest BCUT2D eigenvalue weighted by Gasteiger charge is 2.29. The molecule has 7 aromatic heterocycles. The van der Waals surface area contributed by atoms with Crippen molar-refractivity contribution in [2.45, 2.75) is 78.8 Å². The quantitative estimate of drug-likeness (QED) is 0.0596. The van der Waals surface area contributed by atoms with Crippen molar-refractivity contribution in [1.82, 2.24) is 45.5 Å². The van der Waals surface area contributed by atoms with Crippen LogP contribution in [-0.2, 0) is 9.59 Å². The average Bonchev–Trinajstić information content (AvgIpc) is 4.26. The number of aromatic nitrogens is 7. The van der Waals surface area contributed by atoms with Gasteiger partial charge in [0.15, 0.2) is 6.04 Å². The van der Waals surface area contributed by atoms with Gasteiger partial charge in [0.2, 0.25) is 23.6 Å². The second-order valence-corrected chi connectivity index (χ2v) is 22.2. The highest BCUT2D eigenvalue weighted by molar-refractivity contribution is 7.15. The Morgan fingerprint density at radius 2 is 1.13 bits per heavy atom. The molecule has 0 radical (unpaired) electrons. The molecule has 5 atom stereocenters. The van der Waals surface area contributed by atoms with Crippen molar-refractivity contribution in [2.75, 3.05) is 6.54 Å². The number of aliphatic hydroxyl groups is 6. The number of hydrogen-bond donors (Lipinski definition) is 8. The van der Waals surface area contributed by atoms with Gasteiger partial charge in [-0.3, -0.25) is 14.4 Å². The largest absolute Gasteiger partial charge is 0.495 e. The monoisotopic (exact) mass is 1140 g/mol. The van der Waals surface area contributed by atoms with Crippen LogP contribution in [-0.4, -0.2) is 132 Å². The van der Waals surface area contributed by atoms with Gasteiger partial charge in [-0.15, -0.1) is 68.0 Å². The van der Waals surface area contributed by atoms with Gasteiger partial charge in [-0.05, 0) is 52.7 Å². The zero-order valence-electron chi connectivity index (χ0n) is 41.2. The SMILES string of the molecule is C/C=C1\N=C(O)C(C(C)O)N=C(O)c2csc(n2)-c2ccc(-c3nc(-c4nc(C(=O)N/C(=C/C)C(=O)NCC(C)=O)cs4)cs3)nc2-c2csc(n2)C(C(C)O)N=C(O)c2csc(n2)C(C(C)C)N=C(O)c2csc1n2. The third-order valence-corrected chi connectivity index (χ3v) is 16.2. The van der Waals surface area contributed by atoms with Gasteiger partial charge in [-0.25, -0.2) is 54.9 Å². The molecule has 8 bridgehead atoms. The van der Waals surface area contributed by atoms with Crippen LogP contribution in [0.2, 0.25) is 0 Å². The van der Waals surface area contributed by atoms with Gasteiger partial charge in [0, 0.05) is 37.8 Å². The van der Waals surface area contributed by atoms with Gasteiger partial charge in [0.05, 0.1) is 30.1 Å². The molecule has 1 aliphatic rings. The number of aliphatic hydroxyl groups excluding tert-OH is 6. The Morgan fingerprint density at radius 1 is 0.605 bits per heavy atom. The maximum absolute atomic E-state index is 13.1. The lowest BCUT2D eigenvalue weighted by molar-refractivity contribution is -0.122. The number of rotatable bonds is 10. The number of hydrogen-bond acceptors (Lipinski definition) is 22. The van der Waals surface area contributed by atoms with E-state index >= 15 is 0 Å². The first-order valence-corrected chi connectivity index (χ1v) is 28.2. The smallest absolute Gasteiger partial charge is 0.275 e. The van der Waals surface area contributed by atoms with Crippen molar-refractivity contribution in [2.24, 2.45) is 25.9 Å². The van der Waals surface area contributed by atoms with Crippen LogP contribution in [0.1, 0.15) is 103 Å².